The second-order valence-corrected chi connectivity index (χ2v) is 10.3. The van der Waals surface area contributed by atoms with Crippen LogP contribution in [0.25, 0.3) is 22.4 Å². The minimum Gasteiger partial charge on any atom is -0.493 e. The van der Waals surface area contributed by atoms with Crippen molar-refractivity contribution < 1.29 is 17.9 Å². The highest BCUT2D eigenvalue weighted by molar-refractivity contribution is 7.90. The average Bonchev–Trinajstić information content (AvgIpc) is 2.88. The molecule has 0 radical (unpaired) electrons. The van der Waals surface area contributed by atoms with E-state index in [9.17, 15) is 13.2 Å². The third-order valence-electron chi connectivity index (χ3n) is 5.65. The molecule has 4 rings (SSSR count). The van der Waals surface area contributed by atoms with E-state index in [0.29, 0.717) is 17.9 Å². The first kappa shape index (κ1) is 25.1. The van der Waals surface area contributed by atoms with Crippen molar-refractivity contribution in [3.8, 4) is 28.1 Å². The number of hydrogen-bond donors (Lipinski definition) is 1. The Labute approximate surface area is 211 Å². The van der Waals surface area contributed by atoms with Crippen LogP contribution in [0.5, 0.6) is 5.75 Å². The Bertz CT molecular complexity index is 1500. The summed E-state index contributed by atoms with van der Waals surface area (Å²) in [6.07, 6.45) is 4.58. The molecular weight excluding hydrogens is 474 g/mol. The summed E-state index contributed by atoms with van der Waals surface area (Å²) < 4.78 is 29.8. The van der Waals surface area contributed by atoms with Crippen molar-refractivity contribution in [2.24, 2.45) is 0 Å². The molecule has 0 fully saturated rings. The van der Waals surface area contributed by atoms with Gasteiger partial charge in [0.2, 0.25) is 0 Å². The molecule has 1 N–H and O–H groups in total. The van der Waals surface area contributed by atoms with Crippen LogP contribution in [0.2, 0.25) is 0 Å². The summed E-state index contributed by atoms with van der Waals surface area (Å²) in [5.41, 5.74) is 5.16. The van der Waals surface area contributed by atoms with Gasteiger partial charge in [-0.05, 0) is 79.1 Å². The van der Waals surface area contributed by atoms with Gasteiger partial charge in [-0.2, -0.15) is 0 Å². The monoisotopic (exact) mass is 501 g/mol. The number of ether oxygens (including phenoxy) is 1. The van der Waals surface area contributed by atoms with Gasteiger partial charge >= 0.3 is 0 Å². The van der Waals surface area contributed by atoms with Gasteiger partial charge in [-0.25, -0.2) is 8.42 Å². The van der Waals surface area contributed by atoms with Crippen LogP contribution in [-0.4, -0.2) is 37.2 Å². The van der Waals surface area contributed by atoms with E-state index in [2.05, 4.69) is 15.3 Å². The van der Waals surface area contributed by atoms with E-state index in [4.69, 9.17) is 4.74 Å². The summed E-state index contributed by atoms with van der Waals surface area (Å²) >= 11 is 0. The molecule has 1 amide bonds. The number of rotatable bonds is 8. The van der Waals surface area contributed by atoms with Crippen molar-refractivity contribution in [2.45, 2.75) is 25.3 Å². The third-order valence-corrected chi connectivity index (χ3v) is 6.89. The number of benzene rings is 2. The van der Waals surface area contributed by atoms with Crippen LogP contribution >= 0.6 is 0 Å². The normalized spacial score (nSPS) is 11.2. The molecule has 2 heterocycles. The molecule has 0 atom stereocenters. The third kappa shape index (κ3) is 5.78. The number of carbonyl (C=O) groups is 1. The Morgan fingerprint density at radius 3 is 2.47 bits per heavy atom. The number of carbonyl (C=O) groups excluding carboxylic acids is 1. The smallest absolute Gasteiger partial charge is 0.251 e. The predicted molar refractivity (Wildman–Crippen MR) is 140 cm³/mol. The van der Waals surface area contributed by atoms with Gasteiger partial charge in [0.15, 0.2) is 9.84 Å². The van der Waals surface area contributed by atoms with E-state index in [-0.39, 0.29) is 22.9 Å². The molecule has 7 nitrogen and oxygen atoms in total. The average molecular weight is 502 g/mol. The molecule has 0 spiro atoms. The second-order valence-electron chi connectivity index (χ2n) is 8.33. The molecule has 8 heteroatoms. The number of sulfone groups is 1. The molecule has 0 saturated carbocycles. The van der Waals surface area contributed by atoms with Gasteiger partial charge in [-0.15, -0.1) is 0 Å². The Morgan fingerprint density at radius 2 is 1.75 bits per heavy atom. The van der Waals surface area contributed by atoms with Crippen molar-refractivity contribution in [3.05, 3.63) is 95.9 Å². The lowest BCUT2D eigenvalue weighted by atomic mass is 10.0. The maximum Gasteiger partial charge on any atom is 0.251 e. The Kier molecular flexibility index (Phi) is 7.45. The molecule has 36 heavy (non-hydrogen) atoms. The maximum absolute atomic E-state index is 12.7. The zero-order chi connectivity index (χ0) is 25.7. The van der Waals surface area contributed by atoms with Crippen molar-refractivity contribution in [1.29, 1.82) is 0 Å². The van der Waals surface area contributed by atoms with Crippen molar-refractivity contribution in [1.82, 2.24) is 15.3 Å². The van der Waals surface area contributed by atoms with Gasteiger partial charge in [0.05, 0.1) is 29.4 Å². The zero-order valence-corrected chi connectivity index (χ0v) is 21.2. The molecule has 0 aliphatic heterocycles. The first-order valence-corrected chi connectivity index (χ1v) is 13.4. The van der Waals surface area contributed by atoms with E-state index in [1.54, 1.807) is 31.5 Å². The zero-order valence-electron chi connectivity index (χ0n) is 20.4. The second kappa shape index (κ2) is 10.7. The van der Waals surface area contributed by atoms with Crippen molar-refractivity contribution in [2.75, 3.05) is 12.9 Å². The fourth-order valence-electron chi connectivity index (χ4n) is 3.88. The van der Waals surface area contributed by atoms with Gasteiger partial charge in [-0.1, -0.05) is 18.2 Å². The lowest BCUT2D eigenvalue weighted by molar-refractivity contribution is 0.0950. The Hall–Kier alpha value is -4.04. The first-order valence-electron chi connectivity index (χ1n) is 11.5. The quantitative estimate of drug-likeness (QED) is 0.371. The minimum atomic E-state index is -3.43. The van der Waals surface area contributed by atoms with Crippen LogP contribution in [0.15, 0.2) is 84.0 Å². The van der Waals surface area contributed by atoms with E-state index in [0.717, 1.165) is 34.4 Å². The van der Waals surface area contributed by atoms with Gasteiger partial charge in [-0.3, -0.25) is 14.8 Å². The summed E-state index contributed by atoms with van der Waals surface area (Å²) in [5.74, 6) is 0.388. The molecule has 4 aromatic rings. The SMILES string of the molecule is CCOc1ccc(-c2ccnc(CNC(=O)c3ccc(C)c(S(C)(=O)=O)c3)c2)cc1-c1ccccn1. The number of aryl methyl sites for hydroxylation is 1. The number of amides is 1. The molecule has 2 aromatic carbocycles. The lowest BCUT2D eigenvalue weighted by Crippen LogP contribution is -2.23. The molecule has 184 valence electrons. The van der Waals surface area contributed by atoms with Crippen LogP contribution in [-0.2, 0) is 16.4 Å². The fraction of sp³-hybridized carbons (Fsp3) is 0.179. The fourth-order valence-corrected chi connectivity index (χ4v) is 4.88. The van der Waals surface area contributed by atoms with Gasteiger partial charge in [0, 0.05) is 29.8 Å². The summed E-state index contributed by atoms with van der Waals surface area (Å²) in [7, 11) is -3.43. The predicted octanol–water partition coefficient (Wildman–Crippen LogP) is 4.85. The molecule has 0 aliphatic carbocycles. The molecule has 0 unspecified atom stereocenters. The number of nitrogens with one attached hydrogen (secondary N) is 1. The summed E-state index contributed by atoms with van der Waals surface area (Å²) in [4.78, 5) is 21.7. The minimum absolute atomic E-state index is 0.148. The maximum atomic E-state index is 12.7. The van der Waals surface area contributed by atoms with Gasteiger partial charge in [0.1, 0.15) is 5.75 Å². The van der Waals surface area contributed by atoms with E-state index < -0.39 is 9.84 Å². The highest BCUT2D eigenvalue weighted by Crippen LogP contribution is 2.33. The van der Waals surface area contributed by atoms with E-state index in [1.165, 1.54) is 6.07 Å². The van der Waals surface area contributed by atoms with E-state index >= 15 is 0 Å². The van der Waals surface area contributed by atoms with Crippen molar-refractivity contribution >= 4 is 15.7 Å². The number of hydrogen-bond acceptors (Lipinski definition) is 6. The number of aromatic nitrogens is 2. The Morgan fingerprint density at radius 1 is 0.944 bits per heavy atom. The lowest BCUT2D eigenvalue weighted by Gasteiger charge is -2.13. The van der Waals surface area contributed by atoms with Crippen LogP contribution in [0.4, 0.5) is 0 Å². The van der Waals surface area contributed by atoms with E-state index in [1.807, 2.05) is 55.5 Å². The molecule has 0 aliphatic rings. The first-order chi connectivity index (χ1) is 17.3. The highest BCUT2D eigenvalue weighted by atomic mass is 32.2. The van der Waals surface area contributed by atoms with Crippen LogP contribution < -0.4 is 10.1 Å². The van der Waals surface area contributed by atoms with Gasteiger partial charge in [0.25, 0.3) is 5.91 Å². The molecule has 0 bridgehead atoms. The van der Waals surface area contributed by atoms with Crippen LogP contribution in [0.3, 0.4) is 0 Å². The molecule has 2 aromatic heterocycles. The van der Waals surface area contributed by atoms with Crippen LogP contribution in [0, 0.1) is 6.92 Å². The summed E-state index contributed by atoms with van der Waals surface area (Å²) in [5, 5.41) is 2.83. The van der Waals surface area contributed by atoms with Crippen LogP contribution in [0.1, 0.15) is 28.5 Å². The highest BCUT2D eigenvalue weighted by Gasteiger charge is 2.15. The Balaban J connectivity index is 1.56. The number of pyridine rings is 2. The molecular formula is C28H27N3O4S. The summed E-state index contributed by atoms with van der Waals surface area (Å²) in [6.45, 7) is 4.38. The summed E-state index contributed by atoms with van der Waals surface area (Å²) in [6, 6.07) is 20.2. The van der Waals surface area contributed by atoms with Gasteiger partial charge < -0.3 is 10.1 Å². The molecule has 0 saturated heterocycles. The van der Waals surface area contributed by atoms with Crippen molar-refractivity contribution in [3.63, 3.8) is 0 Å². The largest absolute Gasteiger partial charge is 0.493 e. The standard InChI is InChI=1S/C28H27N3O4S/c1-4-35-26-11-10-20(16-24(26)25-7-5-6-13-30-25)21-12-14-29-23(15-21)18-31-28(32)22-9-8-19(2)27(17-22)36(3,33)34/h5-17H,4,18H2,1-3H3,(H,31,32). The number of nitrogens with zero attached hydrogens (tertiary/aromatic N) is 2. The topological polar surface area (TPSA) is 98.2 Å².